The van der Waals surface area contributed by atoms with Gasteiger partial charge in [-0.15, -0.1) is 0 Å². The van der Waals surface area contributed by atoms with Gasteiger partial charge in [-0.2, -0.15) is 8.42 Å². The minimum atomic E-state index is -3.42. The Bertz CT molecular complexity index is 997. The van der Waals surface area contributed by atoms with E-state index < -0.39 is 21.3 Å². The van der Waals surface area contributed by atoms with Gasteiger partial charge in [0, 0.05) is 30.2 Å². The second kappa shape index (κ2) is 14.5. The molecule has 42 heavy (non-hydrogen) atoms. The summed E-state index contributed by atoms with van der Waals surface area (Å²) in [6.45, 7) is 24.8. The van der Waals surface area contributed by atoms with Crippen molar-refractivity contribution in [3.05, 3.63) is 0 Å². The third kappa shape index (κ3) is 14.3. The number of carbonyl (C=O) groups excluding carboxylic acids is 2. The maximum atomic E-state index is 12.3. The molecule has 0 bridgehead atoms. The van der Waals surface area contributed by atoms with Crippen molar-refractivity contribution >= 4 is 22.3 Å². The van der Waals surface area contributed by atoms with Crippen LogP contribution in [0.3, 0.4) is 0 Å². The van der Waals surface area contributed by atoms with Gasteiger partial charge in [0.25, 0.3) is 10.1 Å². The standard InChI is InChI=1S/C16H31NO5S.C15H30N2O2/c1-12(22-23(7,19)20)8-9-13-10-16(5,6)17(11-13)14(18)21-15(2,3)4;1-11(16)7-8-12-9-15(5,6)17(10-12)13(18)19-14(2,3)4/h12-13H,8-11H2,1-7H3;11-12H,7-10,16H2,1-6H3. The van der Waals surface area contributed by atoms with Crippen LogP contribution in [0.2, 0.25) is 0 Å². The molecule has 0 aromatic rings. The van der Waals surface area contributed by atoms with E-state index in [1.54, 1.807) is 11.8 Å². The van der Waals surface area contributed by atoms with Crippen LogP contribution in [0.5, 0.6) is 0 Å². The van der Waals surface area contributed by atoms with Crippen LogP contribution in [0.1, 0.15) is 122 Å². The summed E-state index contributed by atoms with van der Waals surface area (Å²) in [6.07, 6.45) is 5.71. The van der Waals surface area contributed by atoms with Gasteiger partial charge < -0.3 is 25.0 Å². The van der Waals surface area contributed by atoms with Crippen LogP contribution in [0.4, 0.5) is 9.59 Å². The molecule has 2 aliphatic rings. The quantitative estimate of drug-likeness (QED) is 0.313. The van der Waals surface area contributed by atoms with Gasteiger partial charge in [0.1, 0.15) is 11.2 Å². The molecule has 10 nitrogen and oxygen atoms in total. The van der Waals surface area contributed by atoms with Crippen LogP contribution in [-0.4, -0.2) is 84.2 Å². The van der Waals surface area contributed by atoms with Crippen LogP contribution < -0.4 is 5.73 Å². The first-order valence-corrected chi connectivity index (χ1v) is 17.2. The van der Waals surface area contributed by atoms with Gasteiger partial charge in [0.05, 0.1) is 12.4 Å². The highest BCUT2D eigenvalue weighted by molar-refractivity contribution is 7.86. The lowest BCUT2D eigenvalue weighted by atomic mass is 9.92. The predicted molar refractivity (Wildman–Crippen MR) is 168 cm³/mol. The van der Waals surface area contributed by atoms with E-state index in [-0.39, 0.29) is 35.4 Å². The lowest BCUT2D eigenvalue weighted by Crippen LogP contribution is -2.45. The Morgan fingerprint density at radius 3 is 1.48 bits per heavy atom. The number of amides is 2. The summed E-state index contributed by atoms with van der Waals surface area (Å²) >= 11 is 0. The fourth-order valence-corrected chi connectivity index (χ4v) is 6.45. The van der Waals surface area contributed by atoms with Crippen LogP contribution in [0, 0.1) is 11.8 Å². The smallest absolute Gasteiger partial charge is 0.410 e. The highest BCUT2D eigenvalue weighted by atomic mass is 32.2. The van der Waals surface area contributed by atoms with Crippen molar-refractivity contribution in [1.82, 2.24) is 9.80 Å². The molecule has 4 atom stereocenters. The largest absolute Gasteiger partial charge is 0.444 e. The van der Waals surface area contributed by atoms with Crippen molar-refractivity contribution < 1.29 is 31.7 Å². The third-order valence-electron chi connectivity index (χ3n) is 7.50. The van der Waals surface area contributed by atoms with Gasteiger partial charge in [-0.25, -0.2) is 9.59 Å². The molecule has 4 unspecified atom stereocenters. The SMILES string of the molecule is CC(CCC1CN(C(=O)OC(C)(C)C)C(C)(C)C1)OS(C)(=O)=O.CC(N)CCC1CN(C(=O)OC(C)(C)C)C(C)(C)C1. The third-order valence-corrected chi connectivity index (χ3v) is 8.18. The Kier molecular flexibility index (Phi) is 13.2. The maximum absolute atomic E-state index is 12.3. The number of ether oxygens (including phenoxy) is 2. The van der Waals surface area contributed by atoms with Gasteiger partial charge >= 0.3 is 12.2 Å². The van der Waals surface area contributed by atoms with Crippen molar-refractivity contribution in [2.45, 2.75) is 156 Å². The molecule has 2 N–H and O–H groups in total. The van der Waals surface area contributed by atoms with E-state index in [9.17, 15) is 18.0 Å². The number of nitrogens with zero attached hydrogens (tertiary/aromatic N) is 2. The first-order chi connectivity index (χ1) is 18.7. The van der Waals surface area contributed by atoms with Gasteiger partial charge in [-0.05, 0) is 133 Å². The van der Waals surface area contributed by atoms with E-state index in [0.29, 0.717) is 24.8 Å². The molecule has 11 heteroatoms. The molecule has 2 aliphatic heterocycles. The average Bonchev–Trinajstić information content (AvgIpc) is 3.22. The molecule has 2 rings (SSSR count). The fraction of sp³-hybridized carbons (Fsp3) is 0.935. The highest BCUT2D eigenvalue weighted by Crippen LogP contribution is 2.37. The number of nitrogens with two attached hydrogens (primary N) is 1. The Morgan fingerprint density at radius 2 is 1.17 bits per heavy atom. The first-order valence-electron chi connectivity index (χ1n) is 15.4. The van der Waals surface area contributed by atoms with Gasteiger partial charge in [0.15, 0.2) is 0 Å². The molecular weight excluding hydrogens is 558 g/mol. The molecule has 0 aliphatic carbocycles. The van der Waals surface area contributed by atoms with E-state index in [1.165, 1.54) is 0 Å². The number of hydrogen-bond acceptors (Lipinski definition) is 8. The van der Waals surface area contributed by atoms with E-state index in [4.69, 9.17) is 19.4 Å². The Hall–Kier alpha value is -1.59. The summed E-state index contributed by atoms with van der Waals surface area (Å²) < 4.78 is 38.2. The number of likely N-dealkylation sites (tertiary alicyclic amines) is 2. The molecule has 0 saturated carbocycles. The molecule has 0 spiro atoms. The second-order valence-electron chi connectivity index (χ2n) is 15.7. The van der Waals surface area contributed by atoms with Crippen LogP contribution in [0.15, 0.2) is 0 Å². The molecular formula is C31H61N3O7S. The summed E-state index contributed by atoms with van der Waals surface area (Å²) in [5, 5.41) is 0. The monoisotopic (exact) mass is 619 g/mol. The van der Waals surface area contributed by atoms with Crippen molar-refractivity contribution in [1.29, 1.82) is 0 Å². The van der Waals surface area contributed by atoms with Crippen LogP contribution >= 0.6 is 0 Å². The summed E-state index contributed by atoms with van der Waals surface area (Å²) in [5.74, 6) is 0.858. The minimum Gasteiger partial charge on any atom is -0.444 e. The normalized spacial score (nSPS) is 23.6. The van der Waals surface area contributed by atoms with Gasteiger partial charge in [-0.1, -0.05) is 0 Å². The van der Waals surface area contributed by atoms with Crippen molar-refractivity contribution in [2.75, 3.05) is 19.3 Å². The highest BCUT2D eigenvalue weighted by Gasteiger charge is 2.44. The Labute approximate surface area is 256 Å². The zero-order valence-corrected chi connectivity index (χ0v) is 29.5. The number of rotatable bonds is 8. The Morgan fingerprint density at radius 1 is 0.810 bits per heavy atom. The number of carbonyl (C=O) groups is 2. The molecule has 2 amide bonds. The summed E-state index contributed by atoms with van der Waals surface area (Å²) in [6, 6.07) is 0.235. The lowest BCUT2D eigenvalue weighted by molar-refractivity contribution is 0.0118. The Balaban J connectivity index is 0.000000428. The zero-order chi connectivity index (χ0) is 32.9. The molecule has 0 radical (unpaired) electrons. The van der Waals surface area contributed by atoms with Crippen LogP contribution in [-0.2, 0) is 23.8 Å². The summed E-state index contributed by atoms with van der Waals surface area (Å²) in [4.78, 5) is 28.2. The lowest BCUT2D eigenvalue weighted by Gasteiger charge is -2.33. The molecule has 248 valence electrons. The summed E-state index contributed by atoms with van der Waals surface area (Å²) in [7, 11) is -3.42. The molecule has 2 fully saturated rings. The first kappa shape index (κ1) is 38.4. The van der Waals surface area contributed by atoms with E-state index in [2.05, 4.69) is 13.8 Å². The predicted octanol–water partition coefficient (Wildman–Crippen LogP) is 6.32. The number of hydrogen-bond donors (Lipinski definition) is 1. The minimum absolute atomic E-state index is 0.120. The van der Waals surface area contributed by atoms with E-state index in [1.807, 2.05) is 67.2 Å². The molecule has 2 heterocycles. The fourth-order valence-electron chi connectivity index (χ4n) is 5.75. The topological polar surface area (TPSA) is 128 Å². The molecule has 2 saturated heterocycles. The van der Waals surface area contributed by atoms with E-state index in [0.717, 1.165) is 44.9 Å². The van der Waals surface area contributed by atoms with Crippen molar-refractivity contribution in [3.8, 4) is 0 Å². The van der Waals surface area contributed by atoms with Gasteiger partial charge in [-0.3, -0.25) is 4.18 Å². The zero-order valence-electron chi connectivity index (χ0n) is 28.7. The van der Waals surface area contributed by atoms with E-state index >= 15 is 0 Å². The maximum Gasteiger partial charge on any atom is 0.410 e. The molecule has 0 aromatic heterocycles. The van der Waals surface area contributed by atoms with Crippen molar-refractivity contribution in [2.24, 2.45) is 17.6 Å². The van der Waals surface area contributed by atoms with Crippen LogP contribution in [0.25, 0.3) is 0 Å². The van der Waals surface area contributed by atoms with Gasteiger partial charge in [0.2, 0.25) is 0 Å². The average molecular weight is 620 g/mol. The molecule has 0 aromatic carbocycles. The van der Waals surface area contributed by atoms with Crippen molar-refractivity contribution in [3.63, 3.8) is 0 Å². The summed E-state index contributed by atoms with van der Waals surface area (Å²) in [5.41, 5.74) is 4.49. The second-order valence-corrected chi connectivity index (χ2v) is 17.3.